The Kier molecular flexibility index (Phi) is 5.24. The van der Waals surface area contributed by atoms with Crippen LogP contribution in [-0.4, -0.2) is 24.2 Å². The molecular weight excluding hydrogens is 422 g/mol. The number of hydrogen-bond donors (Lipinski definition) is 0. The maximum absolute atomic E-state index is 14.1. The van der Waals surface area contributed by atoms with E-state index in [0.29, 0.717) is 17.1 Å². The average molecular weight is 435 g/mol. The summed E-state index contributed by atoms with van der Waals surface area (Å²) in [6.07, 6.45) is -4.70. The van der Waals surface area contributed by atoms with Crippen LogP contribution >= 0.6 is 34.8 Å². The Hall–Kier alpha value is -1.68. The summed E-state index contributed by atoms with van der Waals surface area (Å²) >= 11 is 17.8. The summed E-state index contributed by atoms with van der Waals surface area (Å²) in [5.74, 6) is 0.392. The Morgan fingerprint density at radius 2 is 1.81 bits per heavy atom. The normalized spacial score (nSPS) is 20.0. The molecule has 1 aliphatic heterocycles. The summed E-state index contributed by atoms with van der Waals surface area (Å²) in [5.41, 5.74) is -1.32. The van der Waals surface area contributed by atoms with Crippen molar-refractivity contribution in [1.29, 1.82) is 5.26 Å². The second-order valence-corrected chi connectivity index (χ2v) is 7.61. The molecule has 0 bridgehead atoms. The minimum atomic E-state index is -4.52. The third kappa shape index (κ3) is 3.44. The number of anilines is 1. The van der Waals surface area contributed by atoms with E-state index >= 15 is 0 Å². The van der Waals surface area contributed by atoms with E-state index in [1.54, 1.807) is 24.0 Å². The lowest BCUT2D eigenvalue weighted by Crippen LogP contribution is -2.45. The predicted octanol–water partition coefficient (Wildman–Crippen LogP) is 5.93. The van der Waals surface area contributed by atoms with Crippen LogP contribution in [-0.2, 0) is 5.41 Å². The number of aromatic nitrogens is 1. The van der Waals surface area contributed by atoms with Crippen LogP contribution in [0.5, 0.6) is 0 Å². The zero-order valence-corrected chi connectivity index (χ0v) is 16.3. The summed E-state index contributed by atoms with van der Waals surface area (Å²) in [4.78, 5) is 5.83. The molecule has 0 aliphatic carbocycles. The molecule has 2 heterocycles. The summed E-state index contributed by atoms with van der Waals surface area (Å²) in [6.45, 7) is 1.47. The molecule has 1 unspecified atom stereocenters. The summed E-state index contributed by atoms with van der Waals surface area (Å²) < 4.78 is 42.4. The maximum Gasteiger partial charge on any atom is 0.400 e. The van der Waals surface area contributed by atoms with E-state index in [2.05, 4.69) is 4.98 Å². The Morgan fingerprint density at radius 1 is 1.19 bits per heavy atom. The van der Waals surface area contributed by atoms with Crippen LogP contribution in [0.2, 0.25) is 15.1 Å². The molecule has 0 N–H and O–H groups in total. The Labute approximate surface area is 169 Å². The smallest absolute Gasteiger partial charge is 0.355 e. The van der Waals surface area contributed by atoms with Crippen molar-refractivity contribution in [2.75, 3.05) is 18.0 Å². The van der Waals surface area contributed by atoms with Crippen molar-refractivity contribution in [2.24, 2.45) is 0 Å². The third-order valence-corrected chi connectivity index (χ3v) is 6.06. The molecule has 3 nitrogen and oxygen atoms in total. The standard InChI is InChI=1S/C18H13Cl3F3N3/c1-10-11(8-25)2-3-15(26-10)27-5-4-17(9-27,18(22,23)24)12-6-13(19)16(21)14(20)7-12/h2-3,6-7H,4-5,9H2,1H3. The Bertz CT molecular complexity index is 917. The highest BCUT2D eigenvalue weighted by atomic mass is 35.5. The van der Waals surface area contributed by atoms with Gasteiger partial charge in [0.05, 0.1) is 26.3 Å². The fourth-order valence-electron chi connectivity index (χ4n) is 3.31. The lowest BCUT2D eigenvalue weighted by Gasteiger charge is -2.33. The number of benzene rings is 1. The van der Waals surface area contributed by atoms with Gasteiger partial charge >= 0.3 is 6.18 Å². The van der Waals surface area contributed by atoms with E-state index in [1.807, 2.05) is 6.07 Å². The van der Waals surface area contributed by atoms with E-state index in [0.717, 1.165) is 0 Å². The van der Waals surface area contributed by atoms with Crippen molar-refractivity contribution in [3.63, 3.8) is 0 Å². The summed E-state index contributed by atoms with van der Waals surface area (Å²) in [7, 11) is 0. The van der Waals surface area contributed by atoms with E-state index in [4.69, 9.17) is 40.1 Å². The van der Waals surface area contributed by atoms with Gasteiger partial charge in [0.2, 0.25) is 0 Å². The number of hydrogen-bond acceptors (Lipinski definition) is 3. The van der Waals surface area contributed by atoms with E-state index < -0.39 is 11.6 Å². The molecule has 1 aliphatic rings. The van der Waals surface area contributed by atoms with Crippen molar-refractivity contribution in [1.82, 2.24) is 4.98 Å². The zero-order chi connectivity index (χ0) is 20.0. The molecule has 9 heteroatoms. The van der Waals surface area contributed by atoms with Crippen LogP contribution in [0.3, 0.4) is 0 Å². The highest BCUT2D eigenvalue weighted by Crippen LogP contribution is 2.50. The molecule has 142 valence electrons. The first-order valence-corrected chi connectivity index (χ1v) is 9.07. The van der Waals surface area contributed by atoms with Gasteiger partial charge in [-0.25, -0.2) is 4.98 Å². The topological polar surface area (TPSA) is 39.9 Å². The van der Waals surface area contributed by atoms with Gasteiger partial charge in [0, 0.05) is 13.1 Å². The first-order valence-electron chi connectivity index (χ1n) is 7.93. The molecular formula is C18H13Cl3F3N3. The molecule has 27 heavy (non-hydrogen) atoms. The fourth-order valence-corrected chi connectivity index (χ4v) is 3.91. The highest BCUT2D eigenvalue weighted by Gasteiger charge is 2.59. The van der Waals surface area contributed by atoms with Crippen molar-refractivity contribution >= 4 is 40.6 Å². The van der Waals surface area contributed by atoms with Crippen LogP contribution in [0.4, 0.5) is 19.0 Å². The zero-order valence-electron chi connectivity index (χ0n) is 14.0. The molecule has 0 spiro atoms. The molecule has 1 atom stereocenters. The molecule has 3 rings (SSSR count). The van der Waals surface area contributed by atoms with E-state index in [-0.39, 0.29) is 40.1 Å². The molecule has 0 amide bonds. The second-order valence-electron chi connectivity index (χ2n) is 6.42. The first kappa shape index (κ1) is 20.1. The second kappa shape index (κ2) is 7.05. The molecule has 1 aromatic carbocycles. The Balaban J connectivity index is 2.04. The maximum atomic E-state index is 14.1. The highest BCUT2D eigenvalue weighted by molar-refractivity contribution is 6.48. The van der Waals surface area contributed by atoms with Crippen LogP contribution < -0.4 is 4.90 Å². The quantitative estimate of drug-likeness (QED) is 0.550. The van der Waals surface area contributed by atoms with Gasteiger partial charge in [0.15, 0.2) is 0 Å². The number of aryl methyl sites for hydroxylation is 1. The van der Waals surface area contributed by atoms with Gasteiger partial charge < -0.3 is 4.90 Å². The van der Waals surface area contributed by atoms with Crippen molar-refractivity contribution in [3.8, 4) is 6.07 Å². The third-order valence-electron chi connectivity index (χ3n) is 4.86. The lowest BCUT2D eigenvalue weighted by molar-refractivity contribution is -0.184. The van der Waals surface area contributed by atoms with Gasteiger partial charge in [0.25, 0.3) is 0 Å². The van der Waals surface area contributed by atoms with Gasteiger partial charge in [-0.3, -0.25) is 0 Å². The monoisotopic (exact) mass is 433 g/mol. The predicted molar refractivity (Wildman–Crippen MR) is 99.7 cm³/mol. The number of nitriles is 1. The number of halogens is 6. The minimum Gasteiger partial charge on any atom is -0.355 e. The van der Waals surface area contributed by atoms with Gasteiger partial charge in [-0.05, 0) is 43.2 Å². The Morgan fingerprint density at radius 3 is 2.33 bits per heavy atom. The van der Waals surface area contributed by atoms with Crippen molar-refractivity contribution in [2.45, 2.75) is 24.9 Å². The van der Waals surface area contributed by atoms with Gasteiger partial charge in [-0.1, -0.05) is 34.8 Å². The van der Waals surface area contributed by atoms with Crippen molar-refractivity contribution in [3.05, 3.63) is 56.2 Å². The number of alkyl halides is 3. The molecule has 1 aromatic heterocycles. The van der Waals surface area contributed by atoms with Crippen LogP contribution in [0, 0.1) is 18.3 Å². The molecule has 0 saturated carbocycles. The van der Waals surface area contributed by atoms with Crippen LogP contribution in [0.15, 0.2) is 24.3 Å². The molecule has 1 fully saturated rings. The summed E-state index contributed by atoms with van der Waals surface area (Å²) in [5, 5.41) is 8.99. The fraction of sp³-hybridized carbons (Fsp3) is 0.333. The first-order chi connectivity index (χ1) is 12.6. The van der Waals surface area contributed by atoms with Gasteiger partial charge in [-0.2, -0.15) is 18.4 Å². The van der Waals surface area contributed by atoms with E-state index in [1.165, 1.54) is 12.1 Å². The van der Waals surface area contributed by atoms with Gasteiger partial charge in [-0.15, -0.1) is 0 Å². The van der Waals surface area contributed by atoms with Gasteiger partial charge in [0.1, 0.15) is 17.3 Å². The largest absolute Gasteiger partial charge is 0.400 e. The lowest BCUT2D eigenvalue weighted by atomic mass is 9.79. The van der Waals surface area contributed by atoms with Crippen LogP contribution in [0.1, 0.15) is 23.2 Å². The summed E-state index contributed by atoms with van der Waals surface area (Å²) in [6, 6.07) is 7.56. The van der Waals surface area contributed by atoms with Crippen molar-refractivity contribution < 1.29 is 13.2 Å². The molecule has 2 aromatic rings. The minimum absolute atomic E-state index is 0.0198. The molecule has 1 saturated heterocycles. The van der Waals surface area contributed by atoms with E-state index in [9.17, 15) is 13.2 Å². The number of pyridine rings is 1. The SMILES string of the molecule is Cc1nc(N2CCC(c3cc(Cl)c(Cl)c(Cl)c3)(C(F)(F)F)C2)ccc1C#N. The number of rotatable bonds is 2. The average Bonchev–Trinajstić information content (AvgIpc) is 3.06. The number of nitrogens with zero attached hydrogens (tertiary/aromatic N) is 3. The molecule has 0 radical (unpaired) electrons. The van der Waals surface area contributed by atoms with Crippen LogP contribution in [0.25, 0.3) is 0 Å².